The van der Waals surface area contributed by atoms with Crippen molar-refractivity contribution >= 4 is 22.5 Å². The fourth-order valence-electron chi connectivity index (χ4n) is 2.03. The van der Waals surface area contributed by atoms with Crippen molar-refractivity contribution in [2.45, 2.75) is 33.2 Å². The zero-order chi connectivity index (χ0) is 14.5. The number of nitrogens with zero attached hydrogens (tertiary/aromatic N) is 1. The minimum Gasteiger partial charge on any atom is -0.324 e. The third kappa shape index (κ3) is 3.33. The van der Waals surface area contributed by atoms with Gasteiger partial charge in [-0.2, -0.15) is 0 Å². The summed E-state index contributed by atoms with van der Waals surface area (Å²) in [5.41, 5.74) is 2.85. The summed E-state index contributed by atoms with van der Waals surface area (Å²) in [6.45, 7) is 6.50. The van der Waals surface area contributed by atoms with Crippen molar-refractivity contribution in [1.29, 1.82) is 0 Å². The number of nitrogens with one attached hydrogen (secondary N) is 2. The Bertz CT molecular complexity index is 610. The summed E-state index contributed by atoms with van der Waals surface area (Å²) in [7, 11) is 0. The van der Waals surface area contributed by atoms with E-state index in [4.69, 9.17) is 0 Å². The van der Waals surface area contributed by atoms with Crippen LogP contribution in [0.1, 0.15) is 25.8 Å². The molecule has 1 atom stereocenters. The van der Waals surface area contributed by atoms with Crippen molar-refractivity contribution in [3.8, 4) is 0 Å². The molecule has 0 aliphatic carbocycles. The first kappa shape index (κ1) is 14.5. The van der Waals surface area contributed by atoms with Crippen LogP contribution in [0.2, 0.25) is 0 Å². The summed E-state index contributed by atoms with van der Waals surface area (Å²) in [6.07, 6.45) is 2.77. The van der Waals surface area contributed by atoms with E-state index in [-0.39, 0.29) is 5.91 Å². The molecule has 4 nitrogen and oxygen atoms in total. The average Bonchev–Trinajstić information content (AvgIpc) is 2.48. The Morgan fingerprint density at radius 3 is 2.90 bits per heavy atom. The van der Waals surface area contributed by atoms with Crippen LogP contribution in [-0.4, -0.2) is 23.5 Å². The Morgan fingerprint density at radius 1 is 1.35 bits per heavy atom. The number of pyridine rings is 1. The number of aromatic nitrogens is 1. The van der Waals surface area contributed by atoms with Gasteiger partial charge in [0.15, 0.2) is 0 Å². The minimum atomic E-state index is -0.0284. The van der Waals surface area contributed by atoms with Crippen molar-refractivity contribution in [3.05, 3.63) is 36.0 Å². The first-order valence-electron chi connectivity index (χ1n) is 6.99. The summed E-state index contributed by atoms with van der Waals surface area (Å²) in [6, 6.07) is 8.12. The maximum atomic E-state index is 12.0. The quantitative estimate of drug-likeness (QED) is 0.879. The van der Waals surface area contributed by atoms with Gasteiger partial charge in [-0.25, -0.2) is 0 Å². The topological polar surface area (TPSA) is 54.0 Å². The van der Waals surface area contributed by atoms with Gasteiger partial charge in [-0.3, -0.25) is 9.78 Å². The molecule has 2 rings (SSSR count). The van der Waals surface area contributed by atoms with Crippen molar-refractivity contribution < 1.29 is 4.79 Å². The molecule has 2 aromatic rings. The van der Waals surface area contributed by atoms with Gasteiger partial charge in [0.25, 0.3) is 0 Å². The van der Waals surface area contributed by atoms with Gasteiger partial charge >= 0.3 is 0 Å². The third-order valence-electron chi connectivity index (χ3n) is 3.47. The molecule has 0 saturated heterocycles. The number of rotatable bonds is 5. The maximum Gasteiger partial charge on any atom is 0.238 e. The first-order valence-corrected chi connectivity index (χ1v) is 6.99. The highest BCUT2D eigenvalue weighted by atomic mass is 16.1. The monoisotopic (exact) mass is 271 g/mol. The molecule has 0 radical (unpaired) electrons. The highest BCUT2D eigenvalue weighted by molar-refractivity contribution is 6.02. The zero-order valence-corrected chi connectivity index (χ0v) is 12.2. The summed E-state index contributed by atoms with van der Waals surface area (Å²) >= 11 is 0. The Labute approximate surface area is 119 Å². The predicted octanol–water partition coefficient (Wildman–Crippen LogP) is 2.87. The normalized spacial score (nSPS) is 12.3. The SMILES string of the molecule is CCC(C)NCC(=O)Nc1ccc(C)c2ncccc12. The average molecular weight is 271 g/mol. The lowest BCUT2D eigenvalue weighted by molar-refractivity contribution is -0.115. The van der Waals surface area contributed by atoms with Gasteiger partial charge in [0.1, 0.15) is 0 Å². The van der Waals surface area contributed by atoms with E-state index in [1.165, 1.54) is 0 Å². The second-order valence-corrected chi connectivity index (χ2v) is 5.07. The van der Waals surface area contributed by atoms with Gasteiger partial charge in [0, 0.05) is 17.6 Å². The van der Waals surface area contributed by atoms with Crippen LogP contribution >= 0.6 is 0 Å². The van der Waals surface area contributed by atoms with Crippen LogP contribution in [0, 0.1) is 6.92 Å². The number of anilines is 1. The standard InChI is InChI=1S/C16H21N3O/c1-4-12(3)18-10-15(20)19-14-8-7-11(2)16-13(14)6-5-9-17-16/h5-9,12,18H,4,10H2,1-3H3,(H,19,20). The Kier molecular flexibility index (Phi) is 4.69. The lowest BCUT2D eigenvalue weighted by Gasteiger charge is -2.13. The van der Waals surface area contributed by atoms with E-state index in [0.717, 1.165) is 28.6 Å². The van der Waals surface area contributed by atoms with Crippen LogP contribution in [0.25, 0.3) is 10.9 Å². The van der Waals surface area contributed by atoms with Crippen LogP contribution in [0.5, 0.6) is 0 Å². The van der Waals surface area contributed by atoms with Gasteiger partial charge in [0.05, 0.1) is 17.7 Å². The molecule has 0 fully saturated rings. The van der Waals surface area contributed by atoms with E-state index >= 15 is 0 Å². The smallest absolute Gasteiger partial charge is 0.238 e. The minimum absolute atomic E-state index is 0.0284. The molecule has 4 heteroatoms. The van der Waals surface area contributed by atoms with Crippen LogP contribution in [0.4, 0.5) is 5.69 Å². The molecule has 0 aliphatic rings. The van der Waals surface area contributed by atoms with E-state index in [0.29, 0.717) is 12.6 Å². The van der Waals surface area contributed by atoms with Crippen LogP contribution in [0.15, 0.2) is 30.5 Å². The fraction of sp³-hybridized carbons (Fsp3) is 0.375. The molecule has 1 aromatic heterocycles. The number of hydrogen-bond donors (Lipinski definition) is 2. The van der Waals surface area contributed by atoms with Crippen LogP contribution in [0.3, 0.4) is 0 Å². The molecule has 0 bridgehead atoms. The van der Waals surface area contributed by atoms with Gasteiger partial charge in [-0.05, 0) is 44.0 Å². The Morgan fingerprint density at radius 2 is 2.15 bits per heavy atom. The molecule has 1 heterocycles. The number of aryl methyl sites for hydroxylation is 1. The highest BCUT2D eigenvalue weighted by Gasteiger charge is 2.08. The van der Waals surface area contributed by atoms with Crippen LogP contribution in [-0.2, 0) is 4.79 Å². The second-order valence-electron chi connectivity index (χ2n) is 5.07. The lowest BCUT2D eigenvalue weighted by Crippen LogP contribution is -2.34. The van der Waals surface area contributed by atoms with Gasteiger partial charge < -0.3 is 10.6 Å². The van der Waals surface area contributed by atoms with Gasteiger partial charge in [-0.1, -0.05) is 13.0 Å². The fourth-order valence-corrected chi connectivity index (χ4v) is 2.03. The number of carbonyl (C=O) groups is 1. The van der Waals surface area contributed by atoms with Crippen molar-refractivity contribution in [2.24, 2.45) is 0 Å². The van der Waals surface area contributed by atoms with E-state index in [1.807, 2.05) is 31.2 Å². The Hall–Kier alpha value is -1.94. The molecule has 0 saturated carbocycles. The molecular formula is C16H21N3O. The largest absolute Gasteiger partial charge is 0.324 e. The molecule has 20 heavy (non-hydrogen) atoms. The predicted molar refractivity (Wildman–Crippen MR) is 82.9 cm³/mol. The summed E-state index contributed by atoms with van der Waals surface area (Å²) < 4.78 is 0. The first-order chi connectivity index (χ1) is 9.61. The number of carbonyl (C=O) groups excluding carboxylic acids is 1. The molecule has 0 spiro atoms. The number of hydrogen-bond acceptors (Lipinski definition) is 3. The summed E-state index contributed by atoms with van der Waals surface area (Å²) in [5.74, 6) is -0.0284. The number of amides is 1. The molecule has 1 unspecified atom stereocenters. The molecule has 1 amide bonds. The van der Waals surface area contributed by atoms with E-state index < -0.39 is 0 Å². The van der Waals surface area contributed by atoms with Crippen molar-refractivity contribution in [3.63, 3.8) is 0 Å². The zero-order valence-electron chi connectivity index (χ0n) is 12.2. The van der Waals surface area contributed by atoms with E-state index in [2.05, 4.69) is 29.5 Å². The summed E-state index contributed by atoms with van der Waals surface area (Å²) in [4.78, 5) is 16.3. The highest BCUT2D eigenvalue weighted by Crippen LogP contribution is 2.24. The van der Waals surface area contributed by atoms with E-state index in [9.17, 15) is 4.79 Å². The summed E-state index contributed by atoms with van der Waals surface area (Å²) in [5, 5.41) is 7.11. The number of benzene rings is 1. The Balaban J connectivity index is 2.14. The molecular weight excluding hydrogens is 250 g/mol. The molecule has 2 N–H and O–H groups in total. The van der Waals surface area contributed by atoms with E-state index in [1.54, 1.807) is 6.20 Å². The molecule has 0 aliphatic heterocycles. The van der Waals surface area contributed by atoms with Gasteiger partial charge in [-0.15, -0.1) is 0 Å². The third-order valence-corrected chi connectivity index (χ3v) is 3.47. The van der Waals surface area contributed by atoms with Crippen molar-refractivity contribution in [1.82, 2.24) is 10.3 Å². The lowest BCUT2D eigenvalue weighted by atomic mass is 10.1. The number of fused-ring (bicyclic) bond motifs is 1. The second kappa shape index (κ2) is 6.48. The molecule has 106 valence electrons. The molecule has 1 aromatic carbocycles. The van der Waals surface area contributed by atoms with Gasteiger partial charge in [0.2, 0.25) is 5.91 Å². The maximum absolute atomic E-state index is 12.0. The van der Waals surface area contributed by atoms with Crippen molar-refractivity contribution in [2.75, 3.05) is 11.9 Å². The van der Waals surface area contributed by atoms with Crippen LogP contribution < -0.4 is 10.6 Å².